The van der Waals surface area contributed by atoms with E-state index in [9.17, 15) is 0 Å². The molecule has 0 amide bonds. The highest BCUT2D eigenvalue weighted by atomic mass is 35.5. The van der Waals surface area contributed by atoms with E-state index in [2.05, 4.69) is 15.5 Å². The Kier molecular flexibility index (Phi) is 3.26. The lowest BCUT2D eigenvalue weighted by Gasteiger charge is -2.05. The van der Waals surface area contributed by atoms with E-state index in [1.54, 1.807) is 0 Å². The second-order valence-corrected chi connectivity index (χ2v) is 4.19. The second-order valence-electron chi connectivity index (χ2n) is 3.36. The van der Waals surface area contributed by atoms with E-state index in [1.165, 1.54) is 0 Å². The molecule has 0 spiro atoms. The molecule has 0 unspecified atom stereocenters. The van der Waals surface area contributed by atoms with Crippen LogP contribution in [0.25, 0.3) is 0 Å². The molecule has 0 saturated carbocycles. The highest BCUT2D eigenvalue weighted by Crippen LogP contribution is 2.13. The molecule has 1 heterocycles. The van der Waals surface area contributed by atoms with Gasteiger partial charge in [0.1, 0.15) is 0 Å². The van der Waals surface area contributed by atoms with Crippen LogP contribution in [0.4, 0.5) is 5.69 Å². The van der Waals surface area contributed by atoms with E-state index in [4.69, 9.17) is 23.8 Å². The summed E-state index contributed by atoms with van der Waals surface area (Å²) in [6.45, 7) is 0.616. The molecule has 1 aromatic heterocycles. The largest absolute Gasteiger partial charge is 0.378 e. The molecule has 0 radical (unpaired) electrons. The summed E-state index contributed by atoms with van der Waals surface area (Å²) < 4.78 is 2.45. The van der Waals surface area contributed by atoms with Crippen molar-refractivity contribution < 1.29 is 0 Å². The van der Waals surface area contributed by atoms with E-state index < -0.39 is 0 Å². The van der Waals surface area contributed by atoms with Crippen molar-refractivity contribution in [1.29, 1.82) is 0 Å². The number of H-pyrrole nitrogens is 1. The summed E-state index contributed by atoms with van der Waals surface area (Å²) in [5, 5.41) is 10.8. The number of hydrogen-bond donors (Lipinski definition) is 2. The van der Waals surface area contributed by atoms with Gasteiger partial charge in [-0.15, -0.1) is 0 Å². The van der Waals surface area contributed by atoms with Gasteiger partial charge < -0.3 is 9.88 Å². The third-order valence-electron chi connectivity index (χ3n) is 2.27. The van der Waals surface area contributed by atoms with Crippen molar-refractivity contribution in [3.05, 3.63) is 39.9 Å². The Hall–Kier alpha value is -1.33. The first-order valence-corrected chi connectivity index (χ1v) is 5.55. The lowest BCUT2D eigenvalue weighted by molar-refractivity contribution is 0.805. The molecule has 2 N–H and O–H groups in total. The van der Waals surface area contributed by atoms with E-state index in [-0.39, 0.29) is 0 Å². The highest BCUT2D eigenvalue weighted by Gasteiger charge is 2.01. The number of nitrogens with one attached hydrogen (secondary N) is 2. The zero-order valence-electron chi connectivity index (χ0n) is 8.70. The van der Waals surface area contributed by atoms with Crippen LogP contribution in [0.5, 0.6) is 0 Å². The first kappa shape index (κ1) is 11.2. The van der Waals surface area contributed by atoms with Gasteiger partial charge in [0.25, 0.3) is 0 Å². The Bertz CT molecular complexity index is 528. The number of hydrogen-bond acceptors (Lipinski definition) is 3. The molecule has 2 rings (SSSR count). The number of aromatic amines is 1. The quantitative estimate of drug-likeness (QED) is 0.828. The average Bonchev–Trinajstić information content (AvgIpc) is 2.60. The Morgan fingerprint density at radius 2 is 2.12 bits per heavy atom. The zero-order valence-corrected chi connectivity index (χ0v) is 10.3. The van der Waals surface area contributed by atoms with Gasteiger partial charge in [-0.25, -0.2) is 0 Å². The molecule has 16 heavy (non-hydrogen) atoms. The summed E-state index contributed by atoms with van der Waals surface area (Å²) in [5.74, 6) is 0.861. The number of anilines is 1. The minimum Gasteiger partial charge on any atom is -0.378 e. The van der Waals surface area contributed by atoms with Crippen molar-refractivity contribution >= 4 is 29.5 Å². The summed E-state index contributed by atoms with van der Waals surface area (Å²) in [5.41, 5.74) is 0.998. The fourth-order valence-corrected chi connectivity index (χ4v) is 1.56. The van der Waals surface area contributed by atoms with Gasteiger partial charge in [-0.3, -0.25) is 5.10 Å². The van der Waals surface area contributed by atoms with Crippen LogP contribution >= 0.6 is 23.8 Å². The topological polar surface area (TPSA) is 45.6 Å². The van der Waals surface area contributed by atoms with Crippen molar-refractivity contribution in [3.63, 3.8) is 0 Å². The highest BCUT2D eigenvalue weighted by molar-refractivity contribution is 7.71. The van der Waals surface area contributed by atoms with E-state index >= 15 is 0 Å². The van der Waals surface area contributed by atoms with Gasteiger partial charge in [0.15, 0.2) is 10.6 Å². The van der Waals surface area contributed by atoms with Crippen LogP contribution in [-0.2, 0) is 13.6 Å². The zero-order chi connectivity index (χ0) is 11.5. The Labute approximate surface area is 103 Å². The maximum Gasteiger partial charge on any atom is 0.194 e. The second kappa shape index (κ2) is 4.67. The van der Waals surface area contributed by atoms with Crippen LogP contribution in [0.3, 0.4) is 0 Å². The number of rotatable bonds is 3. The molecule has 84 valence electrons. The fourth-order valence-electron chi connectivity index (χ4n) is 1.29. The van der Waals surface area contributed by atoms with Crippen LogP contribution in [-0.4, -0.2) is 14.8 Å². The monoisotopic (exact) mass is 254 g/mol. The Morgan fingerprint density at radius 1 is 1.44 bits per heavy atom. The van der Waals surface area contributed by atoms with Crippen molar-refractivity contribution in [3.8, 4) is 0 Å². The van der Waals surface area contributed by atoms with Crippen molar-refractivity contribution in [1.82, 2.24) is 14.8 Å². The number of aromatic nitrogens is 3. The van der Waals surface area contributed by atoms with Crippen LogP contribution in [0.1, 0.15) is 5.82 Å². The Morgan fingerprint density at radius 3 is 2.69 bits per heavy atom. The molecule has 2 aromatic rings. The molecule has 0 aliphatic carbocycles. The van der Waals surface area contributed by atoms with Crippen LogP contribution < -0.4 is 5.32 Å². The first-order valence-electron chi connectivity index (χ1n) is 4.76. The van der Waals surface area contributed by atoms with Gasteiger partial charge in [0.2, 0.25) is 0 Å². The van der Waals surface area contributed by atoms with Gasteiger partial charge in [0.05, 0.1) is 6.54 Å². The van der Waals surface area contributed by atoms with Gasteiger partial charge in [-0.05, 0) is 36.5 Å². The van der Waals surface area contributed by atoms with Gasteiger partial charge in [-0.2, -0.15) is 5.10 Å². The maximum atomic E-state index is 5.79. The summed E-state index contributed by atoms with van der Waals surface area (Å²) in [7, 11) is 1.88. The fraction of sp³-hybridized carbons (Fsp3) is 0.200. The molecule has 4 nitrogen and oxygen atoms in total. The minimum absolute atomic E-state index is 0.616. The third kappa shape index (κ3) is 2.43. The summed E-state index contributed by atoms with van der Waals surface area (Å²) in [4.78, 5) is 0. The molecule has 0 bridgehead atoms. The van der Waals surface area contributed by atoms with Crippen LogP contribution in [0, 0.1) is 4.77 Å². The molecule has 0 aliphatic heterocycles. The third-order valence-corrected chi connectivity index (χ3v) is 2.88. The average molecular weight is 255 g/mol. The van der Waals surface area contributed by atoms with Gasteiger partial charge >= 0.3 is 0 Å². The van der Waals surface area contributed by atoms with E-state index in [0.29, 0.717) is 11.3 Å². The molecule has 1 aromatic carbocycles. The number of nitrogens with zero attached hydrogens (tertiary/aromatic N) is 2. The number of halogens is 1. The lowest BCUT2D eigenvalue weighted by Crippen LogP contribution is -2.05. The van der Waals surface area contributed by atoms with Gasteiger partial charge in [-0.1, -0.05) is 11.6 Å². The Balaban J connectivity index is 2.05. The summed E-state index contributed by atoms with van der Waals surface area (Å²) in [6, 6.07) is 7.52. The molecule has 0 fully saturated rings. The first-order chi connectivity index (χ1) is 7.66. The predicted molar refractivity (Wildman–Crippen MR) is 67.2 cm³/mol. The van der Waals surface area contributed by atoms with Crippen molar-refractivity contribution in [2.24, 2.45) is 7.05 Å². The SMILES string of the molecule is Cn1c(CNc2ccc(Cl)cc2)n[nH]c1=S. The molecule has 0 saturated heterocycles. The van der Waals surface area contributed by atoms with Crippen LogP contribution in [0.2, 0.25) is 5.02 Å². The summed E-state index contributed by atoms with van der Waals surface area (Å²) >= 11 is 10.8. The molecular weight excluding hydrogens is 244 g/mol. The molecular formula is C10H11ClN4S. The van der Waals surface area contributed by atoms with Gasteiger partial charge in [0, 0.05) is 17.8 Å². The van der Waals surface area contributed by atoms with Crippen molar-refractivity contribution in [2.75, 3.05) is 5.32 Å². The van der Waals surface area contributed by atoms with Crippen LogP contribution in [0.15, 0.2) is 24.3 Å². The lowest BCUT2D eigenvalue weighted by atomic mass is 10.3. The smallest absolute Gasteiger partial charge is 0.194 e. The minimum atomic E-state index is 0.616. The molecule has 0 aliphatic rings. The predicted octanol–water partition coefficient (Wildman–Crippen LogP) is 2.74. The standard InChI is InChI=1S/C10H11ClN4S/c1-15-9(13-14-10(15)16)6-12-8-4-2-7(11)3-5-8/h2-5,12H,6H2,1H3,(H,14,16). The van der Waals surface area contributed by atoms with E-state index in [1.807, 2.05) is 35.9 Å². The summed E-state index contributed by atoms with van der Waals surface area (Å²) in [6.07, 6.45) is 0. The molecule has 0 atom stereocenters. The number of benzene rings is 1. The molecule has 6 heteroatoms. The normalized spacial score (nSPS) is 10.4. The van der Waals surface area contributed by atoms with Crippen molar-refractivity contribution in [2.45, 2.75) is 6.54 Å². The van der Waals surface area contributed by atoms with E-state index in [0.717, 1.165) is 16.5 Å². The maximum absolute atomic E-state index is 5.79.